The third-order valence-corrected chi connectivity index (χ3v) is 8.33. The van der Waals surface area contributed by atoms with E-state index in [1.54, 1.807) is 0 Å². The average Bonchev–Trinajstić information content (AvgIpc) is 1.99. The summed E-state index contributed by atoms with van der Waals surface area (Å²) in [6, 6.07) is 0. The molecule has 86 valence electrons. The highest BCUT2D eigenvalue weighted by atomic mass is 127. The van der Waals surface area contributed by atoms with E-state index in [0.717, 1.165) is 0 Å². The lowest BCUT2D eigenvalue weighted by Crippen LogP contribution is -2.15. The molecule has 0 radical (unpaired) electrons. The first-order valence-electron chi connectivity index (χ1n) is 4.48. The Hall–Kier alpha value is 1.36. The van der Waals surface area contributed by atoms with Gasteiger partial charge in [0.2, 0.25) is 0 Å². The van der Waals surface area contributed by atoms with Gasteiger partial charge in [-0.1, -0.05) is 38.5 Å². The summed E-state index contributed by atoms with van der Waals surface area (Å²) < 4.78 is 22.9. The molecule has 0 saturated heterocycles. The van der Waals surface area contributed by atoms with Gasteiger partial charge in [0, 0.05) is 5.33 Å². The molecule has 0 bridgehead atoms. The molecule has 3 nitrogen and oxygen atoms in total. The highest BCUT2D eigenvalue weighted by molar-refractivity contribution is 14.1. The molecule has 0 aliphatic rings. The van der Waals surface area contributed by atoms with Crippen molar-refractivity contribution in [3.05, 3.63) is 0 Å². The molecule has 0 saturated carbocycles. The van der Waals surface area contributed by atoms with E-state index >= 15 is 0 Å². The Bertz CT molecular complexity index is 197. The molecule has 1 atom stereocenters. The van der Waals surface area contributed by atoms with E-state index < -0.39 is 7.60 Å². The second kappa shape index (κ2) is 6.84. The number of alkyl halides is 2. The van der Waals surface area contributed by atoms with Crippen LogP contribution in [-0.4, -0.2) is 21.2 Å². The zero-order chi connectivity index (χ0) is 11.4. The van der Waals surface area contributed by atoms with Gasteiger partial charge in [-0.3, -0.25) is 4.57 Å². The van der Waals surface area contributed by atoms with Gasteiger partial charge in [-0.15, -0.1) is 0 Å². The summed E-state index contributed by atoms with van der Waals surface area (Å²) in [6.45, 7) is 7.42. The maximum atomic E-state index is 12.3. The predicted octanol–water partition coefficient (Wildman–Crippen LogP) is 4.19. The van der Waals surface area contributed by atoms with Crippen LogP contribution in [-0.2, 0) is 13.6 Å². The van der Waals surface area contributed by atoms with Crippen molar-refractivity contribution in [2.75, 3.05) is 5.33 Å². The van der Waals surface area contributed by atoms with E-state index in [1.807, 2.05) is 27.7 Å². The molecule has 0 aliphatic carbocycles. The standard InChI is InChI=1S/C8H17BrIO3P/c1-6(2)12-14(11,8(10)5-9)13-7(3)4/h6-8H,5H2,1-4H3. The Morgan fingerprint density at radius 1 is 1.21 bits per heavy atom. The molecule has 0 aromatic heterocycles. The largest absolute Gasteiger partial charge is 0.344 e. The summed E-state index contributed by atoms with van der Waals surface area (Å²) in [5, 5.41) is 0.601. The molecule has 0 aliphatic heterocycles. The SMILES string of the molecule is CC(C)OP(=O)(OC(C)C)C(I)CBr. The Kier molecular flexibility index (Phi) is 7.50. The van der Waals surface area contributed by atoms with Crippen LogP contribution >= 0.6 is 46.1 Å². The Morgan fingerprint density at radius 3 is 1.79 bits per heavy atom. The summed E-state index contributed by atoms with van der Waals surface area (Å²) in [7, 11) is -2.98. The monoisotopic (exact) mass is 398 g/mol. The van der Waals surface area contributed by atoms with Gasteiger partial charge in [-0.2, -0.15) is 0 Å². The highest BCUT2D eigenvalue weighted by Crippen LogP contribution is 2.57. The average molecular weight is 399 g/mol. The van der Waals surface area contributed by atoms with E-state index in [2.05, 4.69) is 38.5 Å². The molecule has 0 rings (SSSR count). The van der Waals surface area contributed by atoms with Crippen molar-refractivity contribution in [2.45, 2.75) is 43.6 Å². The van der Waals surface area contributed by atoms with Gasteiger partial charge >= 0.3 is 7.60 Å². The molecule has 0 aromatic rings. The molecule has 0 amide bonds. The van der Waals surface area contributed by atoms with Crippen molar-refractivity contribution in [1.29, 1.82) is 0 Å². The number of hydrogen-bond acceptors (Lipinski definition) is 3. The van der Waals surface area contributed by atoms with Crippen molar-refractivity contribution in [2.24, 2.45) is 0 Å². The summed E-state index contributed by atoms with van der Waals surface area (Å²) in [4.78, 5) is 0. The molecule has 0 heterocycles. The van der Waals surface area contributed by atoms with Gasteiger partial charge < -0.3 is 9.05 Å². The van der Waals surface area contributed by atoms with Crippen LogP contribution in [0, 0.1) is 0 Å². The molecular formula is C8H17BrIO3P. The Labute approximate surface area is 108 Å². The fraction of sp³-hybridized carbons (Fsp3) is 1.00. The van der Waals surface area contributed by atoms with Gasteiger partial charge in [-0.05, 0) is 27.7 Å². The first-order chi connectivity index (χ1) is 6.31. The van der Waals surface area contributed by atoms with Crippen molar-refractivity contribution in [3.8, 4) is 0 Å². The fourth-order valence-corrected chi connectivity index (χ4v) is 4.34. The van der Waals surface area contributed by atoms with Gasteiger partial charge in [0.05, 0.1) is 12.2 Å². The van der Waals surface area contributed by atoms with Gasteiger partial charge in [0.1, 0.15) is 3.67 Å². The first kappa shape index (κ1) is 15.4. The van der Waals surface area contributed by atoms with E-state index in [0.29, 0.717) is 5.33 Å². The van der Waals surface area contributed by atoms with Crippen LogP contribution in [0.1, 0.15) is 27.7 Å². The molecule has 1 unspecified atom stereocenters. The molecule has 0 fully saturated rings. The van der Waals surface area contributed by atoms with Crippen LogP contribution in [0.5, 0.6) is 0 Å². The van der Waals surface area contributed by atoms with Crippen LogP contribution in [0.25, 0.3) is 0 Å². The lowest BCUT2D eigenvalue weighted by atomic mass is 10.5. The fourth-order valence-electron chi connectivity index (χ4n) is 0.829. The zero-order valence-corrected chi connectivity index (χ0v) is 13.5. The molecule has 6 heteroatoms. The second-order valence-corrected chi connectivity index (χ2v) is 8.70. The van der Waals surface area contributed by atoms with Crippen molar-refractivity contribution < 1.29 is 13.6 Å². The zero-order valence-electron chi connectivity index (χ0n) is 8.87. The minimum Gasteiger partial charge on any atom is -0.305 e. The smallest absolute Gasteiger partial charge is 0.305 e. The van der Waals surface area contributed by atoms with E-state index in [1.165, 1.54) is 0 Å². The number of hydrogen-bond donors (Lipinski definition) is 0. The van der Waals surface area contributed by atoms with Gasteiger partial charge in [0.15, 0.2) is 0 Å². The third-order valence-electron chi connectivity index (χ3n) is 1.19. The van der Waals surface area contributed by atoms with Crippen LogP contribution in [0.3, 0.4) is 0 Å². The van der Waals surface area contributed by atoms with Gasteiger partial charge in [0.25, 0.3) is 0 Å². The van der Waals surface area contributed by atoms with Crippen molar-refractivity contribution >= 4 is 46.1 Å². The van der Waals surface area contributed by atoms with Crippen molar-refractivity contribution in [1.82, 2.24) is 0 Å². The van der Waals surface area contributed by atoms with E-state index in [-0.39, 0.29) is 15.9 Å². The number of rotatable bonds is 6. The molecule has 0 aromatic carbocycles. The topological polar surface area (TPSA) is 35.5 Å². The molecule has 14 heavy (non-hydrogen) atoms. The lowest BCUT2D eigenvalue weighted by Gasteiger charge is -2.25. The van der Waals surface area contributed by atoms with Crippen LogP contribution in [0.4, 0.5) is 0 Å². The van der Waals surface area contributed by atoms with E-state index in [9.17, 15) is 4.57 Å². The maximum absolute atomic E-state index is 12.3. The highest BCUT2D eigenvalue weighted by Gasteiger charge is 2.35. The maximum Gasteiger partial charge on any atom is 0.344 e. The lowest BCUT2D eigenvalue weighted by molar-refractivity contribution is 0.142. The van der Waals surface area contributed by atoms with Gasteiger partial charge in [-0.25, -0.2) is 0 Å². The summed E-state index contributed by atoms with van der Waals surface area (Å²) in [5.74, 6) is 0. The molecular weight excluding hydrogens is 382 g/mol. The normalized spacial score (nSPS) is 15.1. The van der Waals surface area contributed by atoms with Crippen molar-refractivity contribution in [3.63, 3.8) is 0 Å². The van der Waals surface area contributed by atoms with Crippen LogP contribution < -0.4 is 0 Å². The molecule has 0 spiro atoms. The minimum atomic E-state index is -2.98. The third kappa shape index (κ3) is 5.45. The van der Waals surface area contributed by atoms with E-state index in [4.69, 9.17) is 9.05 Å². The van der Waals surface area contributed by atoms with Crippen LogP contribution in [0.2, 0.25) is 0 Å². The summed E-state index contributed by atoms with van der Waals surface area (Å²) in [5.41, 5.74) is 0. The second-order valence-electron chi connectivity index (χ2n) is 3.44. The summed E-state index contributed by atoms with van der Waals surface area (Å²) in [6.07, 6.45) is -0.174. The predicted molar refractivity (Wildman–Crippen MR) is 71.7 cm³/mol. The Balaban J connectivity index is 4.58. The first-order valence-corrected chi connectivity index (χ1v) is 8.46. The minimum absolute atomic E-state index is 0.0871. The quantitative estimate of drug-likeness (QED) is 0.382. The van der Waals surface area contributed by atoms with Crippen LogP contribution in [0.15, 0.2) is 0 Å². The number of halogens is 2. The Morgan fingerprint density at radius 2 is 1.57 bits per heavy atom. The summed E-state index contributed by atoms with van der Waals surface area (Å²) >= 11 is 5.38. The molecule has 0 N–H and O–H groups in total.